The van der Waals surface area contributed by atoms with Crippen LogP contribution >= 0.6 is 11.3 Å². The van der Waals surface area contributed by atoms with Crippen LogP contribution < -0.4 is 0 Å². The molecular weight excluding hydrogens is 270 g/mol. The highest BCUT2D eigenvalue weighted by Crippen LogP contribution is 2.34. The molecule has 0 saturated heterocycles. The number of benzene rings is 2. The number of hydroxylamine groups is 2. The number of carbonyl (C=O) groups is 1. The summed E-state index contributed by atoms with van der Waals surface area (Å²) >= 11 is 1.77. The Morgan fingerprint density at radius 1 is 1.15 bits per heavy atom. The highest BCUT2D eigenvalue weighted by Gasteiger charge is 2.07. The molecule has 1 heterocycles. The van der Waals surface area contributed by atoms with Crippen LogP contribution in [-0.2, 0) is 11.2 Å². The molecule has 20 heavy (non-hydrogen) atoms. The van der Waals surface area contributed by atoms with Crippen molar-refractivity contribution in [3.05, 3.63) is 48.0 Å². The summed E-state index contributed by atoms with van der Waals surface area (Å²) in [5.41, 5.74) is 1.13. The monoisotopic (exact) mass is 285 g/mol. The number of hydrogen-bond acceptors (Lipinski definition) is 3. The normalized spacial score (nSPS) is 11.1. The molecule has 4 heteroatoms. The molecule has 0 saturated carbocycles. The number of amides is 1. The van der Waals surface area contributed by atoms with Crippen molar-refractivity contribution in [3.8, 4) is 0 Å². The van der Waals surface area contributed by atoms with E-state index < -0.39 is 0 Å². The third-order valence-corrected chi connectivity index (χ3v) is 4.55. The van der Waals surface area contributed by atoms with Crippen LogP contribution in [0.25, 0.3) is 20.2 Å². The molecular formula is C16H15NO2S. The molecule has 0 radical (unpaired) electrons. The predicted octanol–water partition coefficient (Wildman–Crippen LogP) is 3.83. The lowest BCUT2D eigenvalue weighted by molar-refractivity contribution is -0.162. The summed E-state index contributed by atoms with van der Waals surface area (Å²) in [6, 6.07) is 14.7. The minimum atomic E-state index is -0.326. The molecule has 0 unspecified atom stereocenters. The summed E-state index contributed by atoms with van der Waals surface area (Å²) in [7, 11) is 0. The van der Waals surface area contributed by atoms with Crippen LogP contribution in [0.1, 0.15) is 12.5 Å². The van der Waals surface area contributed by atoms with Gasteiger partial charge in [0.05, 0.1) is 6.54 Å². The van der Waals surface area contributed by atoms with Gasteiger partial charge < -0.3 is 0 Å². The van der Waals surface area contributed by atoms with E-state index in [9.17, 15) is 10.0 Å². The van der Waals surface area contributed by atoms with Gasteiger partial charge in [0.15, 0.2) is 0 Å². The third kappa shape index (κ3) is 2.40. The van der Waals surface area contributed by atoms with Crippen LogP contribution in [0.5, 0.6) is 0 Å². The second-order valence-electron chi connectivity index (χ2n) is 4.82. The molecule has 3 nitrogen and oxygen atoms in total. The van der Waals surface area contributed by atoms with Crippen molar-refractivity contribution in [1.29, 1.82) is 0 Å². The molecule has 0 spiro atoms. The highest BCUT2D eigenvalue weighted by molar-refractivity contribution is 7.25. The molecule has 1 N–H and O–H groups in total. The summed E-state index contributed by atoms with van der Waals surface area (Å²) in [6.45, 7) is 1.68. The topological polar surface area (TPSA) is 40.5 Å². The van der Waals surface area contributed by atoms with Crippen LogP contribution in [0.4, 0.5) is 0 Å². The van der Waals surface area contributed by atoms with Crippen LogP contribution in [0, 0.1) is 0 Å². The Hall–Kier alpha value is -1.91. The van der Waals surface area contributed by atoms with Gasteiger partial charge in [-0.15, -0.1) is 11.3 Å². The first-order chi connectivity index (χ1) is 9.65. The first kappa shape index (κ1) is 13.1. The Kier molecular flexibility index (Phi) is 3.42. The Labute approximate surface area is 121 Å². The first-order valence-electron chi connectivity index (χ1n) is 6.52. The van der Waals surface area contributed by atoms with Crippen LogP contribution in [0.2, 0.25) is 0 Å². The average molecular weight is 285 g/mol. The number of thiophene rings is 1. The SMILES string of the molecule is CC(=O)N(O)CCc1ccc2c(c1)sc1ccccc12. The van der Waals surface area contributed by atoms with Crippen molar-refractivity contribution in [1.82, 2.24) is 5.06 Å². The lowest BCUT2D eigenvalue weighted by Crippen LogP contribution is -2.26. The molecule has 0 fully saturated rings. The summed E-state index contributed by atoms with van der Waals surface area (Å²) in [5.74, 6) is -0.326. The number of carbonyl (C=O) groups excluding carboxylic acids is 1. The lowest BCUT2D eigenvalue weighted by Gasteiger charge is -2.12. The summed E-state index contributed by atoms with van der Waals surface area (Å²) in [5, 5.41) is 12.7. The third-order valence-electron chi connectivity index (χ3n) is 3.42. The predicted molar refractivity (Wildman–Crippen MR) is 82.2 cm³/mol. The van der Waals surface area contributed by atoms with Crippen LogP contribution in [0.15, 0.2) is 42.5 Å². The van der Waals surface area contributed by atoms with E-state index in [4.69, 9.17) is 0 Å². The zero-order valence-corrected chi connectivity index (χ0v) is 12.0. The molecule has 0 atom stereocenters. The molecule has 1 aromatic heterocycles. The van der Waals surface area contributed by atoms with Gasteiger partial charge in [-0.3, -0.25) is 10.0 Å². The summed E-state index contributed by atoms with van der Waals surface area (Å²) in [6.07, 6.45) is 0.653. The maximum absolute atomic E-state index is 11.0. The standard InChI is InChI=1S/C16H15NO2S/c1-11(18)17(19)9-8-12-6-7-14-13-4-2-3-5-15(13)20-16(14)10-12/h2-7,10,19H,8-9H2,1H3. The fourth-order valence-electron chi connectivity index (χ4n) is 2.32. The second-order valence-corrected chi connectivity index (χ2v) is 5.90. The van der Waals surface area contributed by atoms with Gasteiger partial charge in [-0.2, -0.15) is 0 Å². The molecule has 0 aliphatic rings. The van der Waals surface area contributed by atoms with Gasteiger partial charge in [0, 0.05) is 27.1 Å². The molecule has 2 aromatic carbocycles. The van der Waals surface area contributed by atoms with E-state index in [1.54, 1.807) is 11.3 Å². The molecule has 0 aliphatic heterocycles. The first-order valence-corrected chi connectivity index (χ1v) is 7.34. The number of nitrogens with zero attached hydrogens (tertiary/aromatic N) is 1. The van der Waals surface area contributed by atoms with E-state index in [1.807, 2.05) is 0 Å². The van der Waals surface area contributed by atoms with Crippen molar-refractivity contribution < 1.29 is 10.0 Å². The molecule has 3 aromatic rings. The van der Waals surface area contributed by atoms with Gasteiger partial charge in [-0.05, 0) is 24.1 Å². The Morgan fingerprint density at radius 2 is 1.90 bits per heavy atom. The maximum atomic E-state index is 11.0. The van der Waals surface area contributed by atoms with Crippen molar-refractivity contribution in [2.45, 2.75) is 13.3 Å². The van der Waals surface area contributed by atoms with E-state index in [0.29, 0.717) is 13.0 Å². The summed E-state index contributed by atoms with van der Waals surface area (Å²) < 4.78 is 2.53. The van der Waals surface area contributed by atoms with Crippen molar-refractivity contribution >= 4 is 37.4 Å². The fourth-order valence-corrected chi connectivity index (χ4v) is 3.49. The second kappa shape index (κ2) is 5.23. The Bertz CT molecular complexity index is 778. The minimum Gasteiger partial charge on any atom is -0.286 e. The maximum Gasteiger partial charge on any atom is 0.242 e. The van der Waals surface area contributed by atoms with Gasteiger partial charge >= 0.3 is 0 Å². The number of rotatable bonds is 3. The van der Waals surface area contributed by atoms with Crippen molar-refractivity contribution in [2.75, 3.05) is 6.54 Å². The number of fused-ring (bicyclic) bond motifs is 3. The van der Waals surface area contributed by atoms with Gasteiger partial charge in [-0.1, -0.05) is 30.3 Å². The molecule has 3 rings (SSSR count). The van der Waals surface area contributed by atoms with Gasteiger partial charge in [0.25, 0.3) is 0 Å². The Morgan fingerprint density at radius 3 is 2.70 bits per heavy atom. The molecule has 0 aliphatic carbocycles. The largest absolute Gasteiger partial charge is 0.286 e. The lowest BCUT2D eigenvalue weighted by atomic mass is 10.1. The smallest absolute Gasteiger partial charge is 0.242 e. The molecule has 1 amide bonds. The molecule has 102 valence electrons. The average Bonchev–Trinajstić information content (AvgIpc) is 2.82. The van der Waals surface area contributed by atoms with Gasteiger partial charge in [-0.25, -0.2) is 5.06 Å². The highest BCUT2D eigenvalue weighted by atomic mass is 32.1. The van der Waals surface area contributed by atoms with Crippen LogP contribution in [-0.4, -0.2) is 22.7 Å². The quantitative estimate of drug-likeness (QED) is 0.587. The zero-order valence-electron chi connectivity index (χ0n) is 11.2. The summed E-state index contributed by atoms with van der Waals surface area (Å²) in [4.78, 5) is 11.0. The van der Waals surface area contributed by atoms with Crippen LogP contribution in [0.3, 0.4) is 0 Å². The van der Waals surface area contributed by atoms with Gasteiger partial charge in [0.2, 0.25) is 5.91 Å². The van der Waals surface area contributed by atoms with Crippen molar-refractivity contribution in [2.24, 2.45) is 0 Å². The van der Waals surface area contributed by atoms with E-state index in [2.05, 4.69) is 42.5 Å². The van der Waals surface area contributed by atoms with E-state index in [1.165, 1.54) is 27.1 Å². The Balaban J connectivity index is 1.91. The zero-order chi connectivity index (χ0) is 14.1. The van der Waals surface area contributed by atoms with E-state index in [-0.39, 0.29) is 5.91 Å². The number of hydrogen-bond donors (Lipinski definition) is 1. The van der Waals surface area contributed by atoms with E-state index in [0.717, 1.165) is 10.6 Å². The van der Waals surface area contributed by atoms with Gasteiger partial charge in [0.1, 0.15) is 0 Å². The minimum absolute atomic E-state index is 0.325. The van der Waals surface area contributed by atoms with Crippen molar-refractivity contribution in [3.63, 3.8) is 0 Å². The molecule has 0 bridgehead atoms. The van der Waals surface area contributed by atoms with E-state index >= 15 is 0 Å². The fraction of sp³-hybridized carbons (Fsp3) is 0.188.